The Kier molecular flexibility index (Phi) is 4.71. The zero-order valence-electron chi connectivity index (χ0n) is 16.6. The standard InChI is InChI=1S/C23H22N4O3/c1-2-29-15-12-10-14(11-13-15)21-20-17(7-5-8-18(20)28)24-22(26-21)27-23-25-16-6-3-4-9-19(16)30-23/h3-4,6-7,9-13,20-21H,2,5,8H2,1H3,(H2,24,25,26,27)/p+1/t20-,21-/m1/s1. The van der Waals surface area contributed by atoms with Crippen molar-refractivity contribution in [2.45, 2.75) is 25.8 Å². The predicted molar refractivity (Wildman–Crippen MR) is 113 cm³/mol. The number of carbonyl (C=O) groups excluding carboxylic acids is 1. The number of ether oxygens (including phenoxy) is 1. The normalized spacial score (nSPS) is 20.8. The molecule has 3 N–H and O–H groups in total. The molecule has 3 aromatic rings. The molecule has 152 valence electrons. The number of carbonyl (C=O) groups is 1. The van der Waals surface area contributed by atoms with Crippen molar-refractivity contribution in [3.8, 4) is 5.75 Å². The molecule has 0 spiro atoms. The summed E-state index contributed by atoms with van der Waals surface area (Å²) < 4.78 is 11.3. The number of allylic oxidation sites excluding steroid dienone is 1. The molecule has 1 aliphatic heterocycles. The third-order valence-electron chi connectivity index (χ3n) is 5.42. The minimum atomic E-state index is -0.258. The number of rotatable bonds is 4. The van der Waals surface area contributed by atoms with Crippen molar-refractivity contribution in [1.82, 2.24) is 10.3 Å². The first-order valence-electron chi connectivity index (χ1n) is 10.2. The molecule has 0 unspecified atom stereocenters. The Bertz CT molecular complexity index is 1110. The SMILES string of the molecule is CCOc1ccc([C@H]2[NH+]=C(Nc3nc4ccccc4o3)NC3=CCCC(=O)[C@@H]32)cc1. The van der Waals surface area contributed by atoms with Gasteiger partial charge in [0.1, 0.15) is 29.0 Å². The first kappa shape index (κ1) is 18.4. The molecule has 0 fully saturated rings. The summed E-state index contributed by atoms with van der Waals surface area (Å²) in [6.07, 6.45) is 3.39. The van der Waals surface area contributed by atoms with Gasteiger partial charge in [-0.3, -0.25) is 9.79 Å². The second-order valence-electron chi connectivity index (χ2n) is 7.38. The smallest absolute Gasteiger partial charge is 0.365 e. The maximum absolute atomic E-state index is 12.8. The number of hydrogen-bond donors (Lipinski definition) is 3. The average molecular weight is 403 g/mol. The maximum atomic E-state index is 12.8. The van der Waals surface area contributed by atoms with E-state index >= 15 is 0 Å². The number of anilines is 1. The fourth-order valence-electron chi connectivity index (χ4n) is 4.05. The molecular weight excluding hydrogens is 380 g/mol. The number of Topliss-reactive ketones (excluding diaryl/α,β-unsaturated/α-hetero) is 1. The number of hydrogen-bond acceptors (Lipinski definition) is 6. The fourth-order valence-corrected chi connectivity index (χ4v) is 4.05. The van der Waals surface area contributed by atoms with Crippen LogP contribution in [0, 0.1) is 5.92 Å². The second kappa shape index (κ2) is 7.67. The highest BCUT2D eigenvalue weighted by atomic mass is 16.5. The Morgan fingerprint density at radius 2 is 2.07 bits per heavy atom. The van der Waals surface area contributed by atoms with E-state index in [0.717, 1.165) is 28.9 Å². The summed E-state index contributed by atoms with van der Waals surface area (Å²) in [5.41, 5.74) is 3.42. The molecule has 7 nitrogen and oxygen atoms in total. The van der Waals surface area contributed by atoms with Crippen LogP contribution >= 0.6 is 0 Å². The summed E-state index contributed by atoms with van der Waals surface area (Å²) in [4.78, 5) is 20.7. The number of nitrogens with zero attached hydrogens (tertiary/aromatic N) is 1. The Balaban J connectivity index is 1.49. The Morgan fingerprint density at radius 3 is 2.87 bits per heavy atom. The van der Waals surface area contributed by atoms with Crippen molar-refractivity contribution in [2.24, 2.45) is 5.92 Å². The summed E-state index contributed by atoms with van der Waals surface area (Å²) in [5, 5.41) is 6.51. The van der Waals surface area contributed by atoms with Gasteiger partial charge in [-0.05, 0) is 49.2 Å². The zero-order chi connectivity index (χ0) is 20.5. The monoisotopic (exact) mass is 403 g/mol. The summed E-state index contributed by atoms with van der Waals surface area (Å²) in [6.45, 7) is 2.57. The highest BCUT2D eigenvalue weighted by Gasteiger charge is 2.41. The number of guanidine groups is 1. The van der Waals surface area contributed by atoms with Gasteiger partial charge in [-0.25, -0.2) is 5.32 Å². The molecule has 0 saturated carbocycles. The molecule has 2 aromatic carbocycles. The van der Waals surface area contributed by atoms with Crippen molar-refractivity contribution >= 4 is 28.9 Å². The van der Waals surface area contributed by atoms with Gasteiger partial charge in [0.2, 0.25) is 0 Å². The lowest BCUT2D eigenvalue weighted by atomic mass is 9.81. The molecule has 30 heavy (non-hydrogen) atoms. The van der Waals surface area contributed by atoms with E-state index in [1.807, 2.05) is 55.5 Å². The van der Waals surface area contributed by atoms with Crippen LogP contribution in [0.5, 0.6) is 5.75 Å². The van der Waals surface area contributed by atoms with Gasteiger partial charge >= 0.3 is 12.0 Å². The van der Waals surface area contributed by atoms with Gasteiger partial charge < -0.3 is 9.15 Å². The minimum absolute atomic E-state index is 0.201. The van der Waals surface area contributed by atoms with Crippen LogP contribution in [-0.4, -0.2) is 23.3 Å². The molecular formula is C23H23N4O3+. The third-order valence-corrected chi connectivity index (χ3v) is 5.42. The molecule has 1 aromatic heterocycles. The van der Waals surface area contributed by atoms with Gasteiger partial charge in [0.25, 0.3) is 0 Å². The van der Waals surface area contributed by atoms with E-state index in [0.29, 0.717) is 30.6 Å². The Labute approximate surface area is 173 Å². The van der Waals surface area contributed by atoms with Crippen LogP contribution in [0.4, 0.5) is 6.01 Å². The van der Waals surface area contributed by atoms with E-state index in [4.69, 9.17) is 9.15 Å². The molecule has 1 aliphatic carbocycles. The average Bonchev–Trinajstić information content (AvgIpc) is 3.16. The lowest BCUT2D eigenvalue weighted by Gasteiger charge is -2.30. The number of benzene rings is 2. The lowest BCUT2D eigenvalue weighted by molar-refractivity contribution is -0.522. The molecule has 2 heterocycles. The maximum Gasteiger partial charge on any atom is 0.365 e. The lowest BCUT2D eigenvalue weighted by Crippen LogP contribution is -2.84. The molecule has 7 heteroatoms. The van der Waals surface area contributed by atoms with Crippen LogP contribution in [0.15, 0.2) is 64.7 Å². The molecule has 0 bridgehead atoms. The van der Waals surface area contributed by atoms with Crippen LogP contribution in [0.25, 0.3) is 11.1 Å². The van der Waals surface area contributed by atoms with Gasteiger partial charge in [-0.1, -0.05) is 24.3 Å². The van der Waals surface area contributed by atoms with Gasteiger partial charge in [0.15, 0.2) is 5.58 Å². The van der Waals surface area contributed by atoms with Gasteiger partial charge in [0.05, 0.1) is 12.3 Å². The minimum Gasteiger partial charge on any atom is -0.494 e. The summed E-state index contributed by atoms with van der Waals surface area (Å²) in [6, 6.07) is 15.7. The van der Waals surface area contributed by atoms with Gasteiger partial charge in [-0.15, -0.1) is 0 Å². The number of oxazole rings is 1. The molecule has 0 amide bonds. The Hall–Kier alpha value is -3.61. The van der Waals surface area contributed by atoms with Gasteiger partial charge in [-0.2, -0.15) is 10.3 Å². The van der Waals surface area contributed by atoms with Crippen LogP contribution in [0.1, 0.15) is 31.4 Å². The van der Waals surface area contributed by atoms with Crippen molar-refractivity contribution in [3.63, 3.8) is 0 Å². The second-order valence-corrected chi connectivity index (χ2v) is 7.38. The molecule has 2 atom stereocenters. The summed E-state index contributed by atoms with van der Waals surface area (Å²) in [7, 11) is 0. The number of aromatic nitrogens is 1. The highest BCUT2D eigenvalue weighted by Crippen LogP contribution is 2.31. The van der Waals surface area contributed by atoms with Crippen molar-refractivity contribution in [2.75, 3.05) is 11.9 Å². The zero-order valence-corrected chi connectivity index (χ0v) is 16.6. The van der Waals surface area contributed by atoms with Gasteiger partial charge in [0, 0.05) is 6.42 Å². The van der Waals surface area contributed by atoms with E-state index in [9.17, 15) is 4.79 Å². The number of para-hydroxylation sites is 2. The summed E-state index contributed by atoms with van der Waals surface area (Å²) in [5.74, 6) is 1.42. The molecule has 2 aliphatic rings. The number of ketones is 1. The quantitative estimate of drug-likeness (QED) is 0.619. The van der Waals surface area contributed by atoms with E-state index in [1.54, 1.807) is 0 Å². The largest absolute Gasteiger partial charge is 0.494 e. The highest BCUT2D eigenvalue weighted by molar-refractivity contribution is 5.93. The molecule has 0 saturated heterocycles. The first-order valence-corrected chi connectivity index (χ1v) is 10.2. The van der Waals surface area contributed by atoms with Crippen LogP contribution in [0.2, 0.25) is 0 Å². The van der Waals surface area contributed by atoms with Crippen molar-refractivity contribution < 1.29 is 18.9 Å². The van der Waals surface area contributed by atoms with E-state index < -0.39 is 0 Å². The summed E-state index contributed by atoms with van der Waals surface area (Å²) >= 11 is 0. The van der Waals surface area contributed by atoms with Crippen LogP contribution in [-0.2, 0) is 4.79 Å². The van der Waals surface area contributed by atoms with Crippen LogP contribution < -0.4 is 20.4 Å². The van der Waals surface area contributed by atoms with Crippen LogP contribution in [0.3, 0.4) is 0 Å². The first-order chi connectivity index (χ1) is 14.7. The van der Waals surface area contributed by atoms with E-state index in [2.05, 4.69) is 26.7 Å². The number of fused-ring (bicyclic) bond motifs is 2. The third kappa shape index (κ3) is 3.43. The van der Waals surface area contributed by atoms with Crippen molar-refractivity contribution in [1.29, 1.82) is 0 Å². The van der Waals surface area contributed by atoms with Crippen molar-refractivity contribution in [3.05, 3.63) is 65.9 Å². The topological polar surface area (TPSA) is 90.4 Å². The van der Waals surface area contributed by atoms with E-state index in [-0.39, 0.29) is 17.7 Å². The Morgan fingerprint density at radius 1 is 1.23 bits per heavy atom. The fraction of sp³-hybridized carbons (Fsp3) is 0.261. The molecule has 0 radical (unpaired) electrons. The van der Waals surface area contributed by atoms with E-state index in [1.165, 1.54) is 0 Å². The number of nitrogens with one attached hydrogen (secondary N) is 3. The predicted octanol–water partition coefficient (Wildman–Crippen LogP) is 2.28. The molecule has 5 rings (SSSR count).